The molecule has 7 rings (SSSR count). The first-order chi connectivity index (χ1) is 15.9. The quantitative estimate of drug-likeness (QED) is 0.518. The third-order valence-corrected chi connectivity index (χ3v) is 8.59. The SMILES string of the molecule is O=C(NC1(C2C[C@H](C(=O)O)C3CC2C3)CC1)c1cccc2ccn(Cc3ccc(Cl)cc3)c12. The smallest absolute Gasteiger partial charge is 0.306 e. The Labute approximate surface area is 197 Å². The summed E-state index contributed by atoms with van der Waals surface area (Å²) in [5.41, 5.74) is 2.48. The highest BCUT2D eigenvalue weighted by Gasteiger charge is 2.60. The van der Waals surface area contributed by atoms with E-state index >= 15 is 0 Å². The van der Waals surface area contributed by atoms with Gasteiger partial charge in [-0.05, 0) is 79.7 Å². The van der Waals surface area contributed by atoms with Gasteiger partial charge in [-0.3, -0.25) is 9.59 Å². The van der Waals surface area contributed by atoms with Crippen LogP contribution in [0, 0.1) is 23.7 Å². The highest BCUT2D eigenvalue weighted by atomic mass is 35.5. The zero-order chi connectivity index (χ0) is 22.7. The van der Waals surface area contributed by atoms with E-state index < -0.39 is 5.97 Å². The first-order valence-corrected chi connectivity index (χ1v) is 12.2. The number of halogens is 1. The van der Waals surface area contributed by atoms with E-state index in [1.54, 1.807) is 0 Å². The fraction of sp³-hybridized carbons (Fsp3) is 0.407. The number of nitrogens with zero attached hydrogens (tertiary/aromatic N) is 1. The maximum absolute atomic E-state index is 13.6. The number of nitrogens with one attached hydrogen (secondary N) is 1. The fourth-order valence-corrected chi connectivity index (χ4v) is 6.51. The summed E-state index contributed by atoms with van der Waals surface area (Å²) in [6, 6.07) is 15.7. The van der Waals surface area contributed by atoms with Crippen molar-refractivity contribution in [3.63, 3.8) is 0 Å². The van der Waals surface area contributed by atoms with E-state index in [4.69, 9.17) is 11.6 Å². The van der Waals surface area contributed by atoms with E-state index in [9.17, 15) is 14.7 Å². The summed E-state index contributed by atoms with van der Waals surface area (Å²) in [6.45, 7) is 0.655. The molecule has 4 aliphatic rings. The lowest BCUT2D eigenvalue weighted by molar-refractivity contribution is -0.153. The molecule has 3 aromatic rings. The Bertz CT molecular complexity index is 1240. The molecule has 1 aromatic heterocycles. The molecule has 1 amide bonds. The van der Waals surface area contributed by atoms with Crippen LogP contribution in [-0.4, -0.2) is 27.1 Å². The Hall–Kier alpha value is -2.79. The molecular weight excluding hydrogens is 436 g/mol. The second-order valence-electron chi connectivity index (χ2n) is 10.2. The Balaban J connectivity index is 1.27. The number of aliphatic carboxylic acids is 1. The lowest BCUT2D eigenvalue weighted by Crippen LogP contribution is -2.54. The highest BCUT2D eigenvalue weighted by Crippen LogP contribution is 2.60. The van der Waals surface area contributed by atoms with Crippen LogP contribution in [0.3, 0.4) is 0 Å². The molecular formula is C27H27ClN2O3. The summed E-state index contributed by atoms with van der Waals surface area (Å²) in [7, 11) is 0. The number of rotatable bonds is 6. The predicted octanol–water partition coefficient (Wildman–Crippen LogP) is 5.35. The number of hydrogen-bond donors (Lipinski definition) is 2. The molecule has 2 aromatic carbocycles. The molecule has 1 heterocycles. The molecule has 0 aliphatic heterocycles. The Kier molecular flexibility index (Phi) is 4.80. The van der Waals surface area contributed by atoms with Gasteiger partial charge in [0.05, 0.1) is 17.0 Å². The molecule has 33 heavy (non-hydrogen) atoms. The molecule has 2 bridgehead atoms. The van der Waals surface area contributed by atoms with Gasteiger partial charge in [0.25, 0.3) is 5.91 Å². The van der Waals surface area contributed by atoms with Gasteiger partial charge in [0.15, 0.2) is 0 Å². The van der Waals surface area contributed by atoms with Gasteiger partial charge < -0.3 is 15.0 Å². The van der Waals surface area contributed by atoms with Gasteiger partial charge in [0, 0.05) is 28.7 Å². The standard InChI is InChI=1S/C27H27ClN2O3/c28-20-6-4-16(5-7-20)15-30-11-8-17-2-1-3-21(24(17)30)25(31)29-27(9-10-27)23-14-22(26(32)33)18-12-19(23)13-18/h1-8,11,18-19,22-23H,9-10,12-15H2,(H,29,31)(H,32,33)/t18?,19?,22-,23?/m0/s1. The first-order valence-electron chi connectivity index (χ1n) is 11.8. The number of hydrogen-bond acceptors (Lipinski definition) is 2. The average Bonchev–Trinajstić information content (AvgIpc) is 3.46. The van der Waals surface area contributed by atoms with E-state index in [0.717, 1.165) is 42.1 Å². The van der Waals surface area contributed by atoms with Crippen LogP contribution in [0.4, 0.5) is 0 Å². The minimum Gasteiger partial charge on any atom is -0.481 e. The van der Waals surface area contributed by atoms with E-state index in [0.29, 0.717) is 35.4 Å². The monoisotopic (exact) mass is 462 g/mol. The third kappa shape index (κ3) is 3.54. The van der Waals surface area contributed by atoms with Crippen molar-refractivity contribution in [3.8, 4) is 0 Å². The number of fused-ring (bicyclic) bond motifs is 3. The van der Waals surface area contributed by atoms with Crippen molar-refractivity contribution in [2.45, 2.75) is 44.2 Å². The minimum absolute atomic E-state index is 0.0533. The predicted molar refractivity (Wildman–Crippen MR) is 127 cm³/mol. The van der Waals surface area contributed by atoms with E-state index in [1.165, 1.54) is 0 Å². The van der Waals surface area contributed by atoms with Gasteiger partial charge in [0.2, 0.25) is 0 Å². The zero-order valence-corrected chi connectivity index (χ0v) is 19.1. The van der Waals surface area contributed by atoms with Gasteiger partial charge >= 0.3 is 5.97 Å². The molecule has 6 heteroatoms. The van der Waals surface area contributed by atoms with Gasteiger partial charge in [-0.2, -0.15) is 0 Å². The Morgan fingerprint density at radius 1 is 1.03 bits per heavy atom. The molecule has 0 saturated heterocycles. The third-order valence-electron chi connectivity index (χ3n) is 8.33. The number of benzene rings is 2. The lowest BCUT2D eigenvalue weighted by Gasteiger charge is -2.52. The summed E-state index contributed by atoms with van der Waals surface area (Å²) in [4.78, 5) is 25.3. The number of carboxylic acid groups (broad SMARTS) is 1. The highest BCUT2D eigenvalue weighted by molar-refractivity contribution is 6.30. The van der Waals surface area contributed by atoms with E-state index in [-0.39, 0.29) is 23.3 Å². The molecule has 4 saturated carbocycles. The molecule has 4 aliphatic carbocycles. The molecule has 5 nitrogen and oxygen atoms in total. The van der Waals surface area contributed by atoms with Gasteiger partial charge in [-0.1, -0.05) is 35.9 Å². The largest absolute Gasteiger partial charge is 0.481 e. The van der Waals surface area contributed by atoms with Crippen molar-refractivity contribution >= 4 is 34.4 Å². The second-order valence-corrected chi connectivity index (χ2v) is 10.6. The normalized spacial score (nSPS) is 27.1. The number of para-hydroxylation sites is 1. The summed E-state index contributed by atoms with van der Waals surface area (Å²) >= 11 is 6.03. The molecule has 2 atom stereocenters. The average molecular weight is 463 g/mol. The Morgan fingerprint density at radius 2 is 1.79 bits per heavy atom. The first kappa shape index (κ1) is 20.8. The topological polar surface area (TPSA) is 71.3 Å². The molecule has 4 fully saturated rings. The molecule has 1 unspecified atom stereocenters. The van der Waals surface area contributed by atoms with Crippen LogP contribution in [-0.2, 0) is 11.3 Å². The van der Waals surface area contributed by atoms with Crippen molar-refractivity contribution in [1.29, 1.82) is 0 Å². The minimum atomic E-state index is -0.671. The van der Waals surface area contributed by atoms with Gasteiger partial charge in [-0.15, -0.1) is 0 Å². The molecule has 0 spiro atoms. The fourth-order valence-electron chi connectivity index (χ4n) is 6.38. The van der Waals surface area contributed by atoms with Gasteiger partial charge in [0.1, 0.15) is 0 Å². The molecule has 0 radical (unpaired) electrons. The molecule has 170 valence electrons. The summed E-state index contributed by atoms with van der Waals surface area (Å²) < 4.78 is 2.12. The van der Waals surface area contributed by atoms with Crippen molar-refractivity contribution in [1.82, 2.24) is 9.88 Å². The number of aromatic nitrogens is 1. The Morgan fingerprint density at radius 3 is 2.48 bits per heavy atom. The van der Waals surface area contributed by atoms with Crippen LogP contribution in [0.1, 0.15) is 48.0 Å². The van der Waals surface area contributed by atoms with Crippen LogP contribution in [0.15, 0.2) is 54.7 Å². The lowest BCUT2D eigenvalue weighted by atomic mass is 9.53. The maximum Gasteiger partial charge on any atom is 0.306 e. The van der Waals surface area contributed by atoms with Crippen LogP contribution in [0.2, 0.25) is 5.02 Å². The number of carbonyl (C=O) groups is 2. The summed E-state index contributed by atoms with van der Waals surface area (Å²) in [6.07, 6.45) is 6.60. The van der Waals surface area contributed by atoms with Crippen molar-refractivity contribution in [3.05, 3.63) is 70.9 Å². The summed E-state index contributed by atoms with van der Waals surface area (Å²) in [5.74, 6) is 0.178. The van der Waals surface area contributed by atoms with Crippen LogP contribution < -0.4 is 5.32 Å². The summed E-state index contributed by atoms with van der Waals surface area (Å²) in [5, 5.41) is 14.8. The van der Waals surface area contributed by atoms with E-state index in [2.05, 4.69) is 9.88 Å². The van der Waals surface area contributed by atoms with Crippen molar-refractivity contribution in [2.24, 2.45) is 23.7 Å². The van der Waals surface area contributed by atoms with Crippen LogP contribution in [0.5, 0.6) is 0 Å². The van der Waals surface area contributed by atoms with Crippen molar-refractivity contribution < 1.29 is 14.7 Å². The van der Waals surface area contributed by atoms with Gasteiger partial charge in [-0.25, -0.2) is 0 Å². The van der Waals surface area contributed by atoms with Crippen LogP contribution in [0.25, 0.3) is 10.9 Å². The van der Waals surface area contributed by atoms with Crippen LogP contribution >= 0.6 is 11.6 Å². The number of amides is 1. The number of carboxylic acids is 1. The number of carbonyl (C=O) groups excluding carboxylic acids is 1. The van der Waals surface area contributed by atoms with Crippen molar-refractivity contribution in [2.75, 3.05) is 0 Å². The zero-order valence-electron chi connectivity index (χ0n) is 18.3. The second kappa shape index (κ2) is 7.63. The van der Waals surface area contributed by atoms with E-state index in [1.807, 2.05) is 54.7 Å². The maximum atomic E-state index is 13.6. The molecule has 2 N–H and O–H groups in total.